The third-order valence-electron chi connectivity index (χ3n) is 5.13. The molecular weight excluding hydrogens is 382 g/mol. The zero-order valence-corrected chi connectivity index (χ0v) is 18.0. The Labute approximate surface area is 175 Å². The second-order valence-corrected chi connectivity index (χ2v) is 8.92. The van der Waals surface area contributed by atoms with Gasteiger partial charge in [-0.3, -0.25) is 4.90 Å². The molecule has 29 heavy (non-hydrogen) atoms. The highest BCUT2D eigenvalue weighted by atomic mass is 32.1. The highest BCUT2D eigenvalue weighted by Gasteiger charge is 2.22. The van der Waals surface area contributed by atoms with E-state index in [1.165, 1.54) is 10.6 Å². The molecule has 1 aliphatic rings. The topological polar surface area (TPSA) is 70.1 Å². The number of piperidine rings is 1. The first-order valence-corrected chi connectivity index (χ1v) is 10.8. The van der Waals surface area contributed by atoms with Crippen molar-refractivity contribution >= 4 is 28.2 Å². The quantitative estimate of drug-likeness (QED) is 0.663. The number of aromatic nitrogens is 4. The number of thiazole rings is 1. The minimum absolute atomic E-state index is 0.499. The third-order valence-corrected chi connectivity index (χ3v) is 5.96. The van der Waals surface area contributed by atoms with Gasteiger partial charge in [-0.2, -0.15) is 0 Å². The van der Waals surface area contributed by atoms with Gasteiger partial charge in [0, 0.05) is 61.3 Å². The number of nitrogens with one attached hydrogen (secondary N) is 1. The van der Waals surface area contributed by atoms with E-state index in [9.17, 15) is 0 Å². The number of hydrogen-bond acceptors (Lipinski definition) is 8. The van der Waals surface area contributed by atoms with Crippen LogP contribution in [0.25, 0.3) is 0 Å². The first-order chi connectivity index (χ1) is 14.1. The molecule has 8 heteroatoms. The maximum absolute atomic E-state index is 4.85. The number of aryl methyl sites for hydroxylation is 1. The smallest absolute Gasteiger partial charge is 0.224 e. The highest BCUT2D eigenvalue weighted by molar-refractivity contribution is 7.15. The molecule has 3 aromatic rings. The van der Waals surface area contributed by atoms with E-state index in [1.807, 2.05) is 43.7 Å². The van der Waals surface area contributed by atoms with Crippen LogP contribution in [0.15, 0.2) is 36.8 Å². The summed E-state index contributed by atoms with van der Waals surface area (Å²) in [6.45, 7) is 5.08. The van der Waals surface area contributed by atoms with Crippen LogP contribution in [0.5, 0.6) is 0 Å². The van der Waals surface area contributed by atoms with E-state index in [0.29, 0.717) is 5.92 Å². The van der Waals surface area contributed by atoms with Gasteiger partial charge >= 0.3 is 0 Å². The van der Waals surface area contributed by atoms with Crippen molar-refractivity contribution in [3.05, 3.63) is 52.9 Å². The molecule has 152 valence electrons. The van der Waals surface area contributed by atoms with Gasteiger partial charge in [0.15, 0.2) is 5.13 Å². The second-order valence-electron chi connectivity index (χ2n) is 7.68. The van der Waals surface area contributed by atoms with Crippen molar-refractivity contribution in [1.29, 1.82) is 0 Å². The Morgan fingerprint density at radius 3 is 2.52 bits per heavy atom. The highest BCUT2D eigenvalue weighted by Crippen LogP contribution is 2.29. The first-order valence-electron chi connectivity index (χ1n) is 9.94. The molecule has 1 N–H and O–H groups in total. The minimum Gasteiger partial charge on any atom is -0.347 e. The Morgan fingerprint density at radius 1 is 1.10 bits per heavy atom. The van der Waals surface area contributed by atoms with E-state index in [-0.39, 0.29) is 0 Å². The van der Waals surface area contributed by atoms with Crippen LogP contribution in [0.4, 0.5) is 16.9 Å². The van der Waals surface area contributed by atoms with Crippen molar-refractivity contribution in [2.24, 2.45) is 0 Å². The first kappa shape index (κ1) is 19.7. The molecule has 0 saturated carbocycles. The van der Waals surface area contributed by atoms with Crippen molar-refractivity contribution < 1.29 is 0 Å². The zero-order chi connectivity index (χ0) is 20.2. The number of rotatable bonds is 6. The van der Waals surface area contributed by atoms with Gasteiger partial charge in [0.05, 0.1) is 0 Å². The molecule has 4 heterocycles. The predicted molar refractivity (Wildman–Crippen MR) is 118 cm³/mol. The molecule has 0 aromatic carbocycles. The molecule has 3 aromatic heterocycles. The molecule has 1 aliphatic heterocycles. The summed E-state index contributed by atoms with van der Waals surface area (Å²) >= 11 is 1.65. The van der Waals surface area contributed by atoms with Gasteiger partial charge in [0.1, 0.15) is 5.82 Å². The SMILES string of the molecule is Cc1cnc(Nc2cccc(C3CCN(Cc4cnc(N(C)C)nc4)CC3)n2)s1. The summed E-state index contributed by atoms with van der Waals surface area (Å²) in [6.07, 6.45) is 7.98. The van der Waals surface area contributed by atoms with E-state index in [0.717, 1.165) is 54.9 Å². The lowest BCUT2D eigenvalue weighted by Gasteiger charge is -2.31. The Morgan fingerprint density at radius 2 is 1.86 bits per heavy atom. The van der Waals surface area contributed by atoms with E-state index in [4.69, 9.17) is 4.98 Å². The van der Waals surface area contributed by atoms with Gasteiger partial charge in [0.2, 0.25) is 5.95 Å². The molecule has 1 saturated heterocycles. The van der Waals surface area contributed by atoms with Crippen LogP contribution in [-0.4, -0.2) is 52.0 Å². The largest absolute Gasteiger partial charge is 0.347 e. The molecule has 0 aliphatic carbocycles. The Bertz CT molecular complexity index is 930. The summed E-state index contributed by atoms with van der Waals surface area (Å²) in [5, 5.41) is 4.22. The maximum Gasteiger partial charge on any atom is 0.224 e. The lowest BCUT2D eigenvalue weighted by Crippen LogP contribution is -2.32. The van der Waals surface area contributed by atoms with Crippen LogP contribution in [-0.2, 0) is 6.54 Å². The van der Waals surface area contributed by atoms with Crippen molar-refractivity contribution in [3.8, 4) is 0 Å². The number of nitrogens with zero attached hydrogens (tertiary/aromatic N) is 6. The molecule has 0 radical (unpaired) electrons. The van der Waals surface area contributed by atoms with Gasteiger partial charge in [0.25, 0.3) is 0 Å². The summed E-state index contributed by atoms with van der Waals surface area (Å²) in [5.74, 6) is 2.12. The Balaban J connectivity index is 1.33. The van der Waals surface area contributed by atoms with E-state index >= 15 is 0 Å². The van der Waals surface area contributed by atoms with Crippen LogP contribution in [0, 0.1) is 6.92 Å². The molecule has 7 nitrogen and oxygen atoms in total. The molecule has 0 atom stereocenters. The fourth-order valence-corrected chi connectivity index (χ4v) is 4.25. The molecule has 0 spiro atoms. The van der Waals surface area contributed by atoms with Crippen molar-refractivity contribution in [2.75, 3.05) is 37.4 Å². The standard InChI is InChI=1S/C21H27N7S/c1-15-11-24-21(29-15)26-19-6-4-5-18(25-19)17-7-9-28(10-8-17)14-16-12-22-20(23-13-16)27(2)3/h4-6,11-13,17H,7-10,14H2,1-3H3,(H,24,25,26). The van der Waals surface area contributed by atoms with Gasteiger partial charge in [-0.25, -0.2) is 19.9 Å². The van der Waals surface area contributed by atoms with E-state index in [1.54, 1.807) is 11.3 Å². The van der Waals surface area contributed by atoms with Gasteiger partial charge in [-0.1, -0.05) is 6.07 Å². The number of anilines is 3. The lowest BCUT2D eigenvalue weighted by molar-refractivity contribution is 0.203. The molecule has 4 rings (SSSR count). The summed E-state index contributed by atoms with van der Waals surface area (Å²) in [4.78, 5) is 23.6. The third kappa shape index (κ3) is 5.07. The summed E-state index contributed by atoms with van der Waals surface area (Å²) in [6, 6.07) is 6.24. The molecule has 1 fully saturated rings. The van der Waals surface area contributed by atoms with Crippen molar-refractivity contribution in [3.63, 3.8) is 0 Å². The maximum atomic E-state index is 4.85. The van der Waals surface area contributed by atoms with Gasteiger partial charge in [-0.05, 0) is 45.0 Å². The summed E-state index contributed by atoms with van der Waals surface area (Å²) in [5.41, 5.74) is 2.33. The van der Waals surface area contributed by atoms with E-state index < -0.39 is 0 Å². The molecule has 0 bridgehead atoms. The Hall–Kier alpha value is -2.58. The average molecular weight is 410 g/mol. The minimum atomic E-state index is 0.499. The fourth-order valence-electron chi connectivity index (χ4n) is 3.58. The fraction of sp³-hybridized carbons (Fsp3) is 0.429. The zero-order valence-electron chi connectivity index (χ0n) is 17.2. The van der Waals surface area contributed by atoms with Crippen LogP contribution in [0.2, 0.25) is 0 Å². The van der Waals surface area contributed by atoms with Gasteiger partial charge < -0.3 is 10.2 Å². The van der Waals surface area contributed by atoms with Crippen LogP contribution >= 0.6 is 11.3 Å². The number of likely N-dealkylation sites (tertiary alicyclic amines) is 1. The van der Waals surface area contributed by atoms with Crippen LogP contribution in [0.3, 0.4) is 0 Å². The molecule has 0 amide bonds. The monoisotopic (exact) mass is 409 g/mol. The van der Waals surface area contributed by atoms with Crippen LogP contribution in [0.1, 0.15) is 34.9 Å². The van der Waals surface area contributed by atoms with Crippen molar-refractivity contribution in [2.45, 2.75) is 32.2 Å². The number of pyridine rings is 1. The van der Waals surface area contributed by atoms with Crippen molar-refractivity contribution in [1.82, 2.24) is 24.8 Å². The number of hydrogen-bond donors (Lipinski definition) is 1. The molecular formula is C21H27N7S. The van der Waals surface area contributed by atoms with Gasteiger partial charge in [-0.15, -0.1) is 11.3 Å². The van der Waals surface area contributed by atoms with Crippen LogP contribution < -0.4 is 10.2 Å². The summed E-state index contributed by atoms with van der Waals surface area (Å²) in [7, 11) is 3.91. The Kier molecular flexibility index (Phi) is 6.01. The summed E-state index contributed by atoms with van der Waals surface area (Å²) < 4.78 is 0. The van der Waals surface area contributed by atoms with E-state index in [2.05, 4.69) is 44.2 Å². The second kappa shape index (κ2) is 8.84. The normalized spacial score (nSPS) is 15.4. The average Bonchev–Trinajstić information content (AvgIpc) is 3.14. The molecule has 0 unspecified atom stereocenters. The predicted octanol–water partition coefficient (Wildman–Crippen LogP) is 3.83. The lowest BCUT2D eigenvalue weighted by atomic mass is 9.93.